The number of amides is 2. The number of carbonyl (C=O) groups is 1. The normalized spacial score (nSPS) is 14.3. The smallest absolute Gasteiger partial charge is 0.321 e. The van der Waals surface area contributed by atoms with Gasteiger partial charge in [-0.3, -0.25) is 0 Å². The number of piperidine rings is 1. The highest BCUT2D eigenvalue weighted by molar-refractivity contribution is 5.89. The molecule has 0 saturated carbocycles. The Balaban J connectivity index is 1.22. The summed E-state index contributed by atoms with van der Waals surface area (Å²) in [4.78, 5) is 14.5. The topological polar surface area (TPSA) is 41.6 Å². The van der Waals surface area contributed by atoms with E-state index in [-0.39, 0.29) is 6.03 Å². The maximum Gasteiger partial charge on any atom is 0.321 e. The van der Waals surface area contributed by atoms with Crippen LogP contribution in [0.15, 0.2) is 78.9 Å². The molecule has 4 heteroatoms. The summed E-state index contributed by atoms with van der Waals surface area (Å²) >= 11 is 0. The summed E-state index contributed by atoms with van der Waals surface area (Å²) in [6.07, 6.45) is 4.40. The fourth-order valence-corrected chi connectivity index (χ4v) is 4.19. The Hall–Kier alpha value is -3.27. The fraction of sp³-hybridized carbons (Fsp3) is 0.296. The summed E-state index contributed by atoms with van der Waals surface area (Å²) in [6, 6.07) is 26.9. The van der Waals surface area contributed by atoms with E-state index in [1.54, 1.807) is 7.11 Å². The largest absolute Gasteiger partial charge is 0.497 e. The van der Waals surface area contributed by atoms with Gasteiger partial charge in [-0.2, -0.15) is 0 Å². The van der Waals surface area contributed by atoms with E-state index in [1.807, 2.05) is 35.2 Å². The number of hydrogen-bond donors (Lipinski definition) is 1. The molecule has 0 unspecified atom stereocenters. The van der Waals surface area contributed by atoms with Crippen molar-refractivity contribution in [2.75, 3.05) is 25.5 Å². The average Bonchev–Trinajstić information content (AvgIpc) is 2.84. The number of rotatable bonds is 6. The lowest BCUT2D eigenvalue weighted by molar-refractivity contribution is 0.180. The van der Waals surface area contributed by atoms with Crippen LogP contribution in [0.4, 0.5) is 10.5 Å². The molecule has 1 heterocycles. The number of likely N-dealkylation sites (tertiary alicyclic amines) is 1. The molecule has 1 saturated heterocycles. The van der Waals surface area contributed by atoms with E-state index in [0.717, 1.165) is 43.8 Å². The molecule has 0 aromatic heterocycles. The minimum Gasteiger partial charge on any atom is -0.497 e. The highest BCUT2D eigenvalue weighted by atomic mass is 16.5. The number of carbonyl (C=O) groups excluding carboxylic acids is 1. The van der Waals surface area contributed by atoms with Gasteiger partial charge in [0.2, 0.25) is 0 Å². The average molecular weight is 415 g/mol. The van der Waals surface area contributed by atoms with Crippen molar-refractivity contribution in [1.82, 2.24) is 4.90 Å². The third-order valence-corrected chi connectivity index (χ3v) is 6.13. The van der Waals surface area contributed by atoms with Crippen molar-refractivity contribution < 1.29 is 9.53 Å². The Morgan fingerprint density at radius 2 is 1.65 bits per heavy atom. The number of methoxy groups -OCH3 is 1. The highest BCUT2D eigenvalue weighted by Gasteiger charge is 2.22. The molecule has 0 aliphatic carbocycles. The van der Waals surface area contributed by atoms with Gasteiger partial charge in [-0.15, -0.1) is 0 Å². The first-order valence-corrected chi connectivity index (χ1v) is 11.1. The van der Waals surface area contributed by atoms with Crippen molar-refractivity contribution in [3.8, 4) is 16.9 Å². The summed E-state index contributed by atoms with van der Waals surface area (Å²) in [7, 11) is 1.63. The third kappa shape index (κ3) is 5.66. The summed E-state index contributed by atoms with van der Waals surface area (Å²) in [5, 5.41) is 2.98. The fourth-order valence-electron chi connectivity index (χ4n) is 4.19. The van der Waals surface area contributed by atoms with Crippen LogP contribution in [0.2, 0.25) is 0 Å². The number of hydrogen-bond acceptors (Lipinski definition) is 2. The van der Waals surface area contributed by atoms with Crippen LogP contribution in [-0.4, -0.2) is 31.1 Å². The van der Waals surface area contributed by atoms with Crippen molar-refractivity contribution >= 4 is 11.7 Å². The Kier molecular flexibility index (Phi) is 6.88. The first kappa shape index (κ1) is 21.0. The standard InChI is InChI=1S/C27H30N2O2/c1-31-26-9-5-8-25(20-26)28-27(30)29-18-16-22(17-19-29)11-10-21-12-14-24(15-13-21)23-6-3-2-4-7-23/h2-9,12-15,20,22H,10-11,16-19H2,1H3,(H,28,30). The molecule has 3 aromatic carbocycles. The van der Waals surface area contributed by atoms with E-state index >= 15 is 0 Å². The highest BCUT2D eigenvalue weighted by Crippen LogP contribution is 2.25. The van der Waals surface area contributed by atoms with Gasteiger partial charge < -0.3 is 15.0 Å². The van der Waals surface area contributed by atoms with Gasteiger partial charge in [0.1, 0.15) is 5.75 Å². The molecule has 0 atom stereocenters. The molecule has 0 spiro atoms. The first-order chi connectivity index (χ1) is 15.2. The van der Waals surface area contributed by atoms with Crippen LogP contribution in [0.5, 0.6) is 5.75 Å². The monoisotopic (exact) mass is 414 g/mol. The lowest BCUT2D eigenvalue weighted by atomic mass is 9.90. The van der Waals surface area contributed by atoms with Gasteiger partial charge in [0.05, 0.1) is 7.11 Å². The SMILES string of the molecule is COc1cccc(NC(=O)N2CCC(CCc3ccc(-c4ccccc4)cc3)CC2)c1. The molecule has 1 aliphatic heterocycles. The van der Waals surface area contributed by atoms with Gasteiger partial charge in [0.25, 0.3) is 0 Å². The Morgan fingerprint density at radius 1 is 0.935 bits per heavy atom. The van der Waals surface area contributed by atoms with Gasteiger partial charge in [0, 0.05) is 24.8 Å². The predicted octanol–water partition coefficient (Wildman–Crippen LogP) is 6.24. The van der Waals surface area contributed by atoms with Crippen LogP contribution < -0.4 is 10.1 Å². The number of benzene rings is 3. The van der Waals surface area contributed by atoms with E-state index in [2.05, 4.69) is 53.8 Å². The molecular weight excluding hydrogens is 384 g/mol. The van der Waals surface area contributed by atoms with Gasteiger partial charge in [-0.05, 0) is 60.4 Å². The van der Waals surface area contributed by atoms with Crippen LogP contribution in [0, 0.1) is 5.92 Å². The molecule has 160 valence electrons. The number of anilines is 1. The second kappa shape index (κ2) is 10.2. The van der Waals surface area contributed by atoms with Gasteiger partial charge in [0.15, 0.2) is 0 Å². The Labute approximate surface area is 184 Å². The number of nitrogens with zero attached hydrogens (tertiary/aromatic N) is 1. The van der Waals surface area contributed by atoms with E-state index in [4.69, 9.17) is 4.74 Å². The minimum absolute atomic E-state index is 0.0248. The van der Waals surface area contributed by atoms with Crippen LogP contribution in [0.25, 0.3) is 11.1 Å². The molecular formula is C27H30N2O2. The molecule has 0 bridgehead atoms. The third-order valence-electron chi connectivity index (χ3n) is 6.13. The minimum atomic E-state index is -0.0248. The van der Waals surface area contributed by atoms with Crippen molar-refractivity contribution in [2.45, 2.75) is 25.7 Å². The molecule has 4 nitrogen and oxygen atoms in total. The molecule has 2 amide bonds. The molecule has 31 heavy (non-hydrogen) atoms. The van der Waals surface area contributed by atoms with Crippen LogP contribution in [0.3, 0.4) is 0 Å². The summed E-state index contributed by atoms with van der Waals surface area (Å²) in [6.45, 7) is 1.63. The van der Waals surface area contributed by atoms with E-state index in [1.165, 1.54) is 23.1 Å². The van der Waals surface area contributed by atoms with Crippen molar-refractivity contribution in [3.63, 3.8) is 0 Å². The van der Waals surface area contributed by atoms with Crippen LogP contribution >= 0.6 is 0 Å². The second-order valence-electron chi connectivity index (χ2n) is 8.19. The number of aryl methyl sites for hydroxylation is 1. The first-order valence-electron chi connectivity index (χ1n) is 11.1. The van der Waals surface area contributed by atoms with Gasteiger partial charge in [-0.25, -0.2) is 4.79 Å². The van der Waals surface area contributed by atoms with Crippen LogP contribution in [0.1, 0.15) is 24.8 Å². The van der Waals surface area contributed by atoms with Crippen molar-refractivity contribution in [3.05, 3.63) is 84.4 Å². The summed E-state index contributed by atoms with van der Waals surface area (Å²) in [5.74, 6) is 1.42. The maximum absolute atomic E-state index is 12.6. The number of nitrogens with one attached hydrogen (secondary N) is 1. The van der Waals surface area contributed by atoms with Gasteiger partial charge in [-0.1, -0.05) is 60.7 Å². The molecule has 1 aliphatic rings. The summed E-state index contributed by atoms with van der Waals surface area (Å²) < 4.78 is 5.22. The summed E-state index contributed by atoms with van der Waals surface area (Å²) in [5.41, 5.74) is 4.68. The number of ether oxygens (including phenoxy) is 1. The zero-order valence-electron chi connectivity index (χ0n) is 18.1. The van der Waals surface area contributed by atoms with E-state index in [0.29, 0.717) is 5.92 Å². The lowest BCUT2D eigenvalue weighted by Gasteiger charge is -2.32. The molecule has 3 aromatic rings. The zero-order valence-corrected chi connectivity index (χ0v) is 18.1. The van der Waals surface area contributed by atoms with Crippen LogP contribution in [-0.2, 0) is 6.42 Å². The molecule has 1 N–H and O–H groups in total. The quantitative estimate of drug-likeness (QED) is 0.519. The number of urea groups is 1. The lowest BCUT2D eigenvalue weighted by Crippen LogP contribution is -2.41. The molecule has 0 radical (unpaired) electrons. The molecule has 4 rings (SSSR count). The van der Waals surface area contributed by atoms with Gasteiger partial charge >= 0.3 is 6.03 Å². The molecule has 1 fully saturated rings. The maximum atomic E-state index is 12.6. The van der Waals surface area contributed by atoms with E-state index in [9.17, 15) is 4.79 Å². The Bertz CT molecular complexity index is 978. The second-order valence-corrected chi connectivity index (χ2v) is 8.19. The zero-order chi connectivity index (χ0) is 21.5. The van der Waals surface area contributed by atoms with E-state index < -0.39 is 0 Å². The van der Waals surface area contributed by atoms with Crippen molar-refractivity contribution in [1.29, 1.82) is 0 Å². The Morgan fingerprint density at radius 3 is 2.35 bits per heavy atom. The predicted molar refractivity (Wildman–Crippen MR) is 127 cm³/mol. The van der Waals surface area contributed by atoms with Crippen molar-refractivity contribution in [2.24, 2.45) is 5.92 Å².